The van der Waals surface area contributed by atoms with Gasteiger partial charge in [0.15, 0.2) is 6.61 Å². The second-order valence-electron chi connectivity index (χ2n) is 4.81. The molecule has 114 valence electrons. The Balaban J connectivity index is 1.81. The number of amides is 1. The summed E-state index contributed by atoms with van der Waals surface area (Å²) in [7, 11) is 0. The number of nitrogens with one attached hydrogen (secondary N) is 1. The smallest absolute Gasteiger partial charge is 0.338 e. The van der Waals surface area contributed by atoms with Crippen LogP contribution in [0.2, 0.25) is 0 Å². The highest BCUT2D eigenvalue weighted by atomic mass is 79.9. The van der Waals surface area contributed by atoms with Crippen molar-refractivity contribution in [3.63, 3.8) is 0 Å². The molecule has 22 heavy (non-hydrogen) atoms. The van der Waals surface area contributed by atoms with Gasteiger partial charge in [-0.2, -0.15) is 0 Å². The number of aryl methyl sites for hydroxylation is 1. The van der Waals surface area contributed by atoms with Gasteiger partial charge >= 0.3 is 5.97 Å². The summed E-state index contributed by atoms with van der Waals surface area (Å²) in [6.45, 7) is 1.97. The maximum Gasteiger partial charge on any atom is 0.338 e. The average molecular weight is 362 g/mol. The SMILES string of the molecule is Cc1cccc(C(=O)OCC(=O)NCc2ccccc2Br)c1. The Bertz CT molecular complexity index is 685. The lowest BCUT2D eigenvalue weighted by atomic mass is 10.1. The van der Waals surface area contributed by atoms with Gasteiger partial charge in [0, 0.05) is 11.0 Å². The second kappa shape index (κ2) is 7.75. The molecule has 2 rings (SSSR count). The monoisotopic (exact) mass is 361 g/mol. The van der Waals surface area contributed by atoms with E-state index in [1.54, 1.807) is 18.2 Å². The number of rotatable bonds is 5. The van der Waals surface area contributed by atoms with Crippen molar-refractivity contribution in [3.8, 4) is 0 Å². The first-order valence-corrected chi connectivity index (χ1v) is 7.59. The highest BCUT2D eigenvalue weighted by Crippen LogP contribution is 2.15. The number of hydrogen-bond acceptors (Lipinski definition) is 3. The van der Waals surface area contributed by atoms with Crippen LogP contribution < -0.4 is 5.32 Å². The molecule has 0 aliphatic rings. The highest BCUT2D eigenvalue weighted by molar-refractivity contribution is 9.10. The van der Waals surface area contributed by atoms with E-state index < -0.39 is 5.97 Å². The topological polar surface area (TPSA) is 55.4 Å². The minimum Gasteiger partial charge on any atom is -0.452 e. The predicted octanol–water partition coefficient (Wildman–Crippen LogP) is 3.23. The van der Waals surface area contributed by atoms with Crippen molar-refractivity contribution in [2.75, 3.05) is 6.61 Å². The molecule has 1 amide bonds. The number of hydrogen-bond donors (Lipinski definition) is 1. The van der Waals surface area contributed by atoms with Gasteiger partial charge in [-0.15, -0.1) is 0 Å². The van der Waals surface area contributed by atoms with Crippen LogP contribution in [0.1, 0.15) is 21.5 Å². The number of carbonyl (C=O) groups is 2. The molecule has 5 heteroatoms. The zero-order chi connectivity index (χ0) is 15.9. The third-order valence-electron chi connectivity index (χ3n) is 3.02. The van der Waals surface area contributed by atoms with Gasteiger partial charge in [0.2, 0.25) is 0 Å². The van der Waals surface area contributed by atoms with Crippen LogP contribution in [0.5, 0.6) is 0 Å². The molecular formula is C17H16BrNO3. The Morgan fingerprint density at radius 2 is 1.91 bits per heavy atom. The van der Waals surface area contributed by atoms with Gasteiger partial charge in [0.25, 0.3) is 5.91 Å². The minimum atomic E-state index is -0.500. The van der Waals surface area contributed by atoms with Gasteiger partial charge < -0.3 is 10.1 Å². The molecule has 0 spiro atoms. The third-order valence-corrected chi connectivity index (χ3v) is 3.80. The van der Waals surface area contributed by atoms with Gasteiger partial charge in [0.1, 0.15) is 0 Å². The molecule has 2 aromatic carbocycles. The normalized spacial score (nSPS) is 10.1. The molecule has 0 saturated carbocycles. The van der Waals surface area contributed by atoms with E-state index in [9.17, 15) is 9.59 Å². The molecule has 4 nitrogen and oxygen atoms in total. The van der Waals surface area contributed by atoms with Gasteiger partial charge in [-0.1, -0.05) is 51.8 Å². The standard InChI is InChI=1S/C17H16BrNO3/c1-12-5-4-7-13(9-12)17(21)22-11-16(20)19-10-14-6-2-3-8-15(14)18/h2-9H,10-11H2,1H3,(H,19,20). The number of carbonyl (C=O) groups excluding carboxylic acids is 2. The zero-order valence-electron chi connectivity index (χ0n) is 12.1. The lowest BCUT2D eigenvalue weighted by Gasteiger charge is -2.08. The molecule has 0 unspecified atom stereocenters. The fourth-order valence-corrected chi connectivity index (χ4v) is 2.30. The molecule has 0 radical (unpaired) electrons. The molecule has 0 saturated heterocycles. The number of halogens is 1. The van der Waals surface area contributed by atoms with Gasteiger partial charge in [-0.3, -0.25) is 4.79 Å². The molecular weight excluding hydrogens is 346 g/mol. The van der Waals surface area contributed by atoms with Crippen LogP contribution in [0.3, 0.4) is 0 Å². The molecule has 0 atom stereocenters. The van der Waals surface area contributed by atoms with Crippen molar-refractivity contribution in [2.45, 2.75) is 13.5 Å². The molecule has 0 heterocycles. The summed E-state index contributed by atoms with van der Waals surface area (Å²) >= 11 is 3.41. The summed E-state index contributed by atoms with van der Waals surface area (Å²) in [5, 5.41) is 2.71. The number of ether oxygens (including phenoxy) is 1. The van der Waals surface area contributed by atoms with Crippen LogP contribution in [0.15, 0.2) is 53.0 Å². The van der Waals surface area contributed by atoms with Crippen molar-refractivity contribution >= 4 is 27.8 Å². The van der Waals surface area contributed by atoms with E-state index in [0.717, 1.165) is 15.6 Å². The Kier molecular flexibility index (Phi) is 5.72. The maximum atomic E-state index is 11.8. The van der Waals surface area contributed by atoms with E-state index in [1.165, 1.54) is 0 Å². The molecule has 1 N–H and O–H groups in total. The lowest BCUT2D eigenvalue weighted by molar-refractivity contribution is -0.124. The Hall–Kier alpha value is -2.14. The van der Waals surface area contributed by atoms with Gasteiger partial charge in [-0.05, 0) is 30.7 Å². The first-order valence-electron chi connectivity index (χ1n) is 6.80. The Morgan fingerprint density at radius 1 is 1.14 bits per heavy atom. The van der Waals surface area contributed by atoms with Crippen molar-refractivity contribution < 1.29 is 14.3 Å². The molecule has 0 aliphatic heterocycles. The molecule has 2 aromatic rings. The van der Waals surface area contributed by atoms with Crippen LogP contribution >= 0.6 is 15.9 Å². The van der Waals surface area contributed by atoms with Crippen LogP contribution in [0.25, 0.3) is 0 Å². The fourth-order valence-electron chi connectivity index (χ4n) is 1.87. The quantitative estimate of drug-likeness (QED) is 0.831. The van der Waals surface area contributed by atoms with Crippen molar-refractivity contribution in [2.24, 2.45) is 0 Å². The first-order chi connectivity index (χ1) is 10.6. The van der Waals surface area contributed by atoms with Crippen molar-refractivity contribution in [1.82, 2.24) is 5.32 Å². The number of benzene rings is 2. The van der Waals surface area contributed by atoms with E-state index in [0.29, 0.717) is 12.1 Å². The molecule has 0 aromatic heterocycles. The summed E-state index contributed by atoms with van der Waals surface area (Å²) in [4.78, 5) is 23.5. The van der Waals surface area contributed by atoms with Crippen molar-refractivity contribution in [3.05, 3.63) is 69.7 Å². The summed E-state index contributed by atoms with van der Waals surface area (Å²) in [5.41, 5.74) is 2.37. The van der Waals surface area contributed by atoms with Crippen LogP contribution in [0.4, 0.5) is 0 Å². The zero-order valence-corrected chi connectivity index (χ0v) is 13.7. The summed E-state index contributed by atoms with van der Waals surface area (Å²) in [6, 6.07) is 14.7. The molecule has 0 fully saturated rings. The van der Waals surface area contributed by atoms with E-state index in [1.807, 2.05) is 37.3 Å². The van der Waals surface area contributed by atoms with Gasteiger partial charge in [-0.25, -0.2) is 4.79 Å². The van der Waals surface area contributed by atoms with E-state index in [4.69, 9.17) is 4.74 Å². The summed E-state index contributed by atoms with van der Waals surface area (Å²) in [6.07, 6.45) is 0. The third kappa shape index (κ3) is 4.70. The molecule has 0 aliphatic carbocycles. The number of esters is 1. The van der Waals surface area contributed by atoms with Crippen LogP contribution in [0, 0.1) is 6.92 Å². The molecule has 0 bridgehead atoms. The largest absolute Gasteiger partial charge is 0.452 e. The average Bonchev–Trinajstić information content (AvgIpc) is 2.52. The fraction of sp³-hybridized carbons (Fsp3) is 0.176. The highest BCUT2D eigenvalue weighted by Gasteiger charge is 2.10. The Morgan fingerprint density at radius 3 is 2.64 bits per heavy atom. The van der Waals surface area contributed by atoms with E-state index in [2.05, 4.69) is 21.2 Å². The first kappa shape index (κ1) is 16.2. The van der Waals surface area contributed by atoms with Gasteiger partial charge in [0.05, 0.1) is 5.56 Å². The van der Waals surface area contributed by atoms with Crippen LogP contribution in [-0.2, 0) is 16.1 Å². The minimum absolute atomic E-state index is 0.294. The summed E-state index contributed by atoms with van der Waals surface area (Å²) < 4.78 is 5.92. The summed E-state index contributed by atoms with van der Waals surface area (Å²) in [5.74, 6) is -0.837. The van der Waals surface area contributed by atoms with Crippen molar-refractivity contribution in [1.29, 1.82) is 0 Å². The maximum absolute atomic E-state index is 11.8. The van der Waals surface area contributed by atoms with Crippen LogP contribution in [-0.4, -0.2) is 18.5 Å². The van der Waals surface area contributed by atoms with E-state index >= 15 is 0 Å². The van der Waals surface area contributed by atoms with E-state index in [-0.39, 0.29) is 12.5 Å². The Labute approximate surface area is 137 Å². The lowest BCUT2D eigenvalue weighted by Crippen LogP contribution is -2.28. The predicted molar refractivity (Wildman–Crippen MR) is 87.5 cm³/mol. The second-order valence-corrected chi connectivity index (χ2v) is 5.67.